The molecule has 1 aromatic heterocycles. The first-order valence-electron chi connectivity index (χ1n) is 11.6. The highest BCUT2D eigenvalue weighted by atomic mass is 31.2. The maximum atomic E-state index is 13.6. The SMILES string of the molecule is CC(C)OC(=O)[C@H](C)OP(=O)(OC[C@H]1O[C@@H](n2cnc(N)nc2=O)[C@@](O)(C#CCF)C1O)Oc1ccccc1. The molecular weight excluding hydrogens is 542 g/mol. The number of nitrogen functional groups attached to an aromatic ring is 1. The Morgan fingerprint density at radius 1 is 1.33 bits per heavy atom. The molecule has 6 atom stereocenters. The molecule has 1 fully saturated rings. The Bertz CT molecular complexity index is 1320. The number of hydrogen-bond acceptors (Lipinski definition) is 13. The van der Waals surface area contributed by atoms with Crippen molar-refractivity contribution in [3.05, 3.63) is 47.1 Å². The third-order valence-corrected chi connectivity index (χ3v) is 6.64. The van der Waals surface area contributed by atoms with E-state index in [0.717, 1.165) is 6.33 Å². The lowest BCUT2D eigenvalue weighted by Gasteiger charge is -2.26. The number of anilines is 1. The van der Waals surface area contributed by atoms with Gasteiger partial charge in [0, 0.05) is 0 Å². The summed E-state index contributed by atoms with van der Waals surface area (Å²) in [5, 5.41) is 22.0. The van der Waals surface area contributed by atoms with Crippen molar-refractivity contribution >= 4 is 19.7 Å². The molecule has 0 amide bonds. The van der Waals surface area contributed by atoms with Gasteiger partial charge >= 0.3 is 19.5 Å². The van der Waals surface area contributed by atoms with Crippen LogP contribution in [0.3, 0.4) is 0 Å². The van der Waals surface area contributed by atoms with Gasteiger partial charge in [-0.3, -0.25) is 13.6 Å². The van der Waals surface area contributed by atoms with E-state index in [-0.39, 0.29) is 11.7 Å². The van der Waals surface area contributed by atoms with Crippen molar-refractivity contribution < 1.29 is 47.0 Å². The largest absolute Gasteiger partial charge is 0.530 e. The number of phosphoric acid groups is 1. The van der Waals surface area contributed by atoms with Crippen molar-refractivity contribution in [2.45, 2.75) is 57.0 Å². The molecule has 1 aliphatic heterocycles. The lowest BCUT2D eigenvalue weighted by atomic mass is 9.94. The number of carbonyl (C=O) groups is 1. The molecule has 2 unspecified atom stereocenters. The fraction of sp³-hybridized carbons (Fsp3) is 0.478. The van der Waals surface area contributed by atoms with Crippen molar-refractivity contribution in [2.75, 3.05) is 19.0 Å². The fourth-order valence-electron chi connectivity index (χ4n) is 3.43. The van der Waals surface area contributed by atoms with Gasteiger partial charge in [-0.25, -0.2) is 23.5 Å². The maximum Gasteiger partial charge on any atom is 0.530 e. The molecule has 212 valence electrons. The Balaban J connectivity index is 1.88. The quantitative estimate of drug-likeness (QED) is 0.206. The van der Waals surface area contributed by atoms with Gasteiger partial charge in [0.05, 0.1) is 12.7 Å². The Kier molecular flexibility index (Phi) is 9.78. The molecule has 1 aliphatic rings. The van der Waals surface area contributed by atoms with Crippen LogP contribution in [0.1, 0.15) is 27.0 Å². The molecule has 3 rings (SSSR count). The third kappa shape index (κ3) is 7.39. The van der Waals surface area contributed by atoms with Crippen molar-refractivity contribution in [3.8, 4) is 17.6 Å². The molecular formula is C23H28FN4O10P. The first kappa shape index (κ1) is 30.2. The van der Waals surface area contributed by atoms with Crippen molar-refractivity contribution in [3.63, 3.8) is 0 Å². The van der Waals surface area contributed by atoms with E-state index in [1.54, 1.807) is 32.0 Å². The smallest absolute Gasteiger partial charge is 0.461 e. The van der Waals surface area contributed by atoms with Gasteiger partial charge in [-0.05, 0) is 32.9 Å². The molecule has 0 spiro atoms. The van der Waals surface area contributed by atoms with Gasteiger partial charge in [-0.2, -0.15) is 4.98 Å². The molecule has 2 aromatic rings. The van der Waals surface area contributed by atoms with Crippen LogP contribution in [-0.4, -0.2) is 74.0 Å². The topological polar surface area (TPSA) is 195 Å². The van der Waals surface area contributed by atoms with Gasteiger partial charge in [0.25, 0.3) is 0 Å². The minimum Gasteiger partial charge on any atom is -0.461 e. The van der Waals surface area contributed by atoms with Gasteiger partial charge < -0.3 is 29.9 Å². The van der Waals surface area contributed by atoms with Crippen molar-refractivity contribution in [1.29, 1.82) is 0 Å². The summed E-state index contributed by atoms with van der Waals surface area (Å²) in [6, 6.07) is 7.74. The Labute approximate surface area is 222 Å². The molecule has 0 radical (unpaired) electrons. The Hall–Kier alpha value is -3.38. The lowest BCUT2D eigenvalue weighted by Crippen LogP contribution is -2.48. The number of nitrogens with zero attached hydrogens (tertiary/aromatic N) is 3. The number of halogens is 1. The molecule has 14 nitrogen and oxygen atoms in total. The molecule has 39 heavy (non-hydrogen) atoms. The number of carbonyl (C=O) groups excluding carboxylic acids is 1. The second kappa shape index (κ2) is 12.6. The highest BCUT2D eigenvalue weighted by Gasteiger charge is 2.57. The molecule has 1 saturated heterocycles. The normalized spacial score (nSPS) is 24.8. The average molecular weight is 570 g/mol. The summed E-state index contributed by atoms with van der Waals surface area (Å²) in [7, 11) is -4.62. The number of esters is 1. The molecule has 0 aliphatic carbocycles. The van der Waals surface area contributed by atoms with E-state index >= 15 is 0 Å². The van der Waals surface area contributed by atoms with E-state index in [1.165, 1.54) is 19.1 Å². The van der Waals surface area contributed by atoms with Crippen molar-refractivity contribution in [2.24, 2.45) is 0 Å². The second-order valence-corrected chi connectivity index (χ2v) is 10.1. The van der Waals surface area contributed by atoms with Gasteiger partial charge in [0.15, 0.2) is 17.9 Å². The number of aromatic nitrogens is 3. The highest BCUT2D eigenvalue weighted by molar-refractivity contribution is 7.49. The molecule has 16 heteroatoms. The van der Waals surface area contributed by atoms with E-state index in [4.69, 9.17) is 28.8 Å². The van der Waals surface area contributed by atoms with Crippen LogP contribution in [0.2, 0.25) is 0 Å². The summed E-state index contributed by atoms with van der Waals surface area (Å²) in [5.74, 6) is 2.98. The second-order valence-electron chi connectivity index (χ2n) is 8.52. The monoisotopic (exact) mass is 570 g/mol. The van der Waals surface area contributed by atoms with Crippen LogP contribution in [0.15, 0.2) is 41.5 Å². The van der Waals surface area contributed by atoms with E-state index in [2.05, 4.69) is 15.9 Å². The molecule has 0 saturated carbocycles. The van der Waals surface area contributed by atoms with Crippen LogP contribution in [0.25, 0.3) is 0 Å². The summed E-state index contributed by atoms with van der Waals surface area (Å²) >= 11 is 0. The predicted octanol–water partition coefficient (Wildman–Crippen LogP) is 0.743. The standard InChI is InChI=1S/C23H28FN4O10P/c1-14(2)35-19(30)15(3)37-39(33,38-16-8-5-4-6-9-16)34-12-17-18(29)23(32,10-7-11-24)20(36-17)28-13-26-21(25)27-22(28)31/h4-6,8-9,13-15,17-18,20,29,32H,11-12H2,1-3H3,(H2,25,27,31)/t15-,17+,18?,20+,23+,39?/m0/s1. The van der Waals surface area contributed by atoms with Crippen LogP contribution < -0.4 is 15.9 Å². The molecule has 1 aromatic carbocycles. The van der Waals surface area contributed by atoms with Gasteiger partial charge in [0.1, 0.15) is 31.0 Å². The number of alkyl halides is 1. The fourth-order valence-corrected chi connectivity index (χ4v) is 4.77. The number of phosphoric ester groups is 1. The number of aliphatic hydroxyl groups is 2. The zero-order valence-electron chi connectivity index (χ0n) is 21.2. The number of aliphatic hydroxyl groups excluding tert-OH is 1. The maximum absolute atomic E-state index is 13.6. The summed E-state index contributed by atoms with van der Waals surface area (Å²) < 4.78 is 53.9. The van der Waals surface area contributed by atoms with E-state index in [0.29, 0.717) is 4.57 Å². The van der Waals surface area contributed by atoms with Gasteiger partial charge in [0.2, 0.25) is 5.95 Å². The van der Waals surface area contributed by atoms with E-state index < -0.39 is 69.0 Å². The number of benzene rings is 1. The van der Waals surface area contributed by atoms with Crippen LogP contribution in [0.4, 0.5) is 10.3 Å². The zero-order valence-corrected chi connectivity index (χ0v) is 22.1. The third-order valence-electron chi connectivity index (χ3n) is 5.17. The Morgan fingerprint density at radius 2 is 2.03 bits per heavy atom. The van der Waals surface area contributed by atoms with E-state index in [9.17, 15) is 28.8 Å². The van der Waals surface area contributed by atoms with Gasteiger partial charge in [-0.15, -0.1) is 0 Å². The summed E-state index contributed by atoms with van der Waals surface area (Å²) in [6.45, 7) is 2.54. The summed E-state index contributed by atoms with van der Waals surface area (Å²) in [4.78, 5) is 31.7. The predicted molar refractivity (Wildman–Crippen MR) is 132 cm³/mol. The van der Waals surface area contributed by atoms with Crippen molar-refractivity contribution in [1.82, 2.24) is 14.5 Å². The lowest BCUT2D eigenvalue weighted by molar-refractivity contribution is -0.156. The molecule has 0 bridgehead atoms. The van der Waals surface area contributed by atoms with Crippen LogP contribution in [-0.2, 0) is 27.9 Å². The highest BCUT2D eigenvalue weighted by Crippen LogP contribution is 2.51. The number of rotatable bonds is 10. The Morgan fingerprint density at radius 3 is 2.64 bits per heavy atom. The van der Waals surface area contributed by atoms with Crippen LogP contribution in [0.5, 0.6) is 5.75 Å². The van der Waals surface area contributed by atoms with Crippen LogP contribution >= 0.6 is 7.82 Å². The number of ether oxygens (including phenoxy) is 2. The zero-order chi connectivity index (χ0) is 28.8. The molecule has 2 heterocycles. The summed E-state index contributed by atoms with van der Waals surface area (Å²) in [6.07, 6.45) is -6.19. The van der Waals surface area contributed by atoms with E-state index in [1.807, 2.05) is 5.92 Å². The number of hydrogen-bond donors (Lipinski definition) is 3. The average Bonchev–Trinajstić information content (AvgIpc) is 3.11. The first-order chi connectivity index (χ1) is 18.4. The van der Waals surface area contributed by atoms with Crippen LogP contribution in [0, 0.1) is 11.8 Å². The summed E-state index contributed by atoms with van der Waals surface area (Å²) in [5.41, 5.74) is 1.83. The minimum atomic E-state index is -4.62. The van der Waals surface area contributed by atoms with Gasteiger partial charge in [-0.1, -0.05) is 30.0 Å². The molecule has 4 N–H and O–H groups in total. The first-order valence-corrected chi connectivity index (χ1v) is 13.0. The number of nitrogens with two attached hydrogens (primary N) is 1. The number of para-hydroxylation sites is 1. The minimum absolute atomic E-state index is 0.0620.